The van der Waals surface area contributed by atoms with E-state index in [4.69, 9.17) is 9.47 Å². The smallest absolute Gasteiger partial charge is 0.410 e. The van der Waals surface area contributed by atoms with Gasteiger partial charge in [0.1, 0.15) is 5.60 Å². The second-order valence-electron chi connectivity index (χ2n) is 6.75. The number of amides is 1. The van der Waals surface area contributed by atoms with Gasteiger partial charge in [0.15, 0.2) is 5.67 Å². The quantitative estimate of drug-likeness (QED) is 0.859. The number of nitrogens with zero attached hydrogens (tertiary/aromatic N) is 1. The molecule has 0 aromatic rings. The van der Waals surface area contributed by atoms with Crippen LogP contribution in [0.25, 0.3) is 0 Å². The van der Waals surface area contributed by atoms with Crippen LogP contribution in [-0.2, 0) is 9.47 Å². The number of alkyl halides is 1. The van der Waals surface area contributed by atoms with E-state index in [1.807, 2.05) is 0 Å². The summed E-state index contributed by atoms with van der Waals surface area (Å²) in [5, 5.41) is 3.24. The summed E-state index contributed by atoms with van der Waals surface area (Å²) in [6.07, 6.45) is 1.53. The molecule has 0 aliphatic carbocycles. The van der Waals surface area contributed by atoms with Gasteiger partial charge in [0.2, 0.25) is 0 Å². The minimum atomic E-state index is -1.41. The average Bonchev–Trinajstić information content (AvgIpc) is 2.32. The first-order valence-electron chi connectivity index (χ1n) is 7.27. The van der Waals surface area contributed by atoms with Crippen molar-refractivity contribution < 1.29 is 18.7 Å². The minimum absolute atomic E-state index is 0.0624. The molecule has 1 N–H and O–H groups in total. The lowest BCUT2D eigenvalue weighted by Crippen LogP contribution is -2.64. The van der Waals surface area contributed by atoms with Crippen molar-refractivity contribution in [3.8, 4) is 0 Å². The van der Waals surface area contributed by atoms with Crippen molar-refractivity contribution in [3.05, 3.63) is 0 Å². The second-order valence-corrected chi connectivity index (χ2v) is 6.75. The van der Waals surface area contributed by atoms with Gasteiger partial charge in [-0.05, 0) is 46.7 Å². The van der Waals surface area contributed by atoms with Crippen molar-refractivity contribution in [3.63, 3.8) is 0 Å². The second kappa shape index (κ2) is 5.85. The van der Waals surface area contributed by atoms with Crippen molar-refractivity contribution in [2.24, 2.45) is 0 Å². The molecular weight excluding hydrogens is 263 g/mol. The molecule has 0 spiro atoms. The summed E-state index contributed by atoms with van der Waals surface area (Å²) in [4.78, 5) is 13.1. The number of likely N-dealkylation sites (tertiary alicyclic amines) is 1. The van der Waals surface area contributed by atoms with E-state index in [0.29, 0.717) is 0 Å². The van der Waals surface area contributed by atoms with Crippen LogP contribution in [0.2, 0.25) is 0 Å². The van der Waals surface area contributed by atoms with Crippen LogP contribution in [0, 0.1) is 0 Å². The summed E-state index contributed by atoms with van der Waals surface area (Å²) in [6, 6.07) is 0. The number of rotatable bonds is 3. The van der Waals surface area contributed by atoms with Gasteiger partial charge >= 0.3 is 6.09 Å². The molecule has 2 aliphatic rings. The minimum Gasteiger partial charge on any atom is -0.444 e. The Balaban J connectivity index is 1.69. The number of nitrogens with one attached hydrogen (secondary N) is 1. The molecular formula is C14H25FN2O3. The Morgan fingerprint density at radius 2 is 1.95 bits per heavy atom. The van der Waals surface area contributed by atoms with Crippen molar-refractivity contribution in [2.45, 2.75) is 51.0 Å². The van der Waals surface area contributed by atoms with E-state index in [1.165, 1.54) is 4.90 Å². The fourth-order valence-electron chi connectivity index (χ4n) is 2.41. The highest BCUT2D eigenvalue weighted by Gasteiger charge is 2.47. The first-order chi connectivity index (χ1) is 9.27. The Bertz CT molecular complexity index is 345. The zero-order valence-electron chi connectivity index (χ0n) is 12.6. The Labute approximate surface area is 119 Å². The highest BCUT2D eigenvalue weighted by Crippen LogP contribution is 2.28. The molecule has 2 fully saturated rings. The summed E-state index contributed by atoms with van der Waals surface area (Å²) >= 11 is 0. The van der Waals surface area contributed by atoms with E-state index >= 15 is 0 Å². The van der Waals surface area contributed by atoms with Crippen LogP contribution >= 0.6 is 0 Å². The number of hydrogen-bond donors (Lipinski definition) is 1. The summed E-state index contributed by atoms with van der Waals surface area (Å²) in [5.74, 6) is 0. The van der Waals surface area contributed by atoms with Crippen LogP contribution in [0.1, 0.15) is 33.6 Å². The molecule has 2 aliphatic heterocycles. The molecule has 5 nitrogen and oxygen atoms in total. The maximum absolute atomic E-state index is 14.3. The molecule has 1 amide bonds. The predicted molar refractivity (Wildman–Crippen MR) is 73.5 cm³/mol. The number of ether oxygens (including phenoxy) is 2. The van der Waals surface area contributed by atoms with Crippen molar-refractivity contribution in [1.82, 2.24) is 10.2 Å². The molecule has 6 heteroatoms. The number of carbonyl (C=O) groups excluding carboxylic acids is 1. The summed E-state index contributed by atoms with van der Waals surface area (Å²) < 4.78 is 25.1. The van der Waals surface area contributed by atoms with Gasteiger partial charge in [-0.2, -0.15) is 0 Å². The van der Waals surface area contributed by atoms with Gasteiger partial charge in [-0.25, -0.2) is 9.18 Å². The maximum atomic E-state index is 14.3. The third-order valence-corrected chi connectivity index (χ3v) is 3.46. The van der Waals surface area contributed by atoms with E-state index in [9.17, 15) is 9.18 Å². The number of hydrogen-bond acceptors (Lipinski definition) is 4. The molecule has 2 rings (SSSR count). The summed E-state index contributed by atoms with van der Waals surface area (Å²) in [5.41, 5.74) is -1.96. The molecule has 0 saturated carbocycles. The lowest BCUT2D eigenvalue weighted by atomic mass is 9.98. The fraction of sp³-hybridized carbons (Fsp3) is 0.929. The molecule has 20 heavy (non-hydrogen) atoms. The largest absolute Gasteiger partial charge is 0.444 e. The Hall–Kier alpha value is -0.880. The van der Waals surface area contributed by atoms with Crippen LogP contribution in [0.3, 0.4) is 0 Å². The number of carbonyl (C=O) groups is 1. The molecule has 0 aromatic heterocycles. The van der Waals surface area contributed by atoms with Gasteiger partial charge in [0.05, 0.1) is 25.8 Å². The van der Waals surface area contributed by atoms with Crippen molar-refractivity contribution in [2.75, 3.05) is 32.8 Å². The average molecular weight is 288 g/mol. The van der Waals surface area contributed by atoms with Gasteiger partial charge < -0.3 is 19.7 Å². The topological polar surface area (TPSA) is 50.8 Å². The van der Waals surface area contributed by atoms with Crippen LogP contribution in [0.15, 0.2) is 0 Å². The van der Waals surface area contributed by atoms with E-state index in [2.05, 4.69) is 5.32 Å². The number of halogens is 1. The maximum Gasteiger partial charge on any atom is 0.410 e. The van der Waals surface area contributed by atoms with E-state index in [1.54, 1.807) is 20.8 Å². The van der Waals surface area contributed by atoms with Crippen LogP contribution < -0.4 is 5.32 Å². The Morgan fingerprint density at radius 1 is 1.35 bits per heavy atom. The number of piperidine rings is 1. The summed E-state index contributed by atoms with van der Waals surface area (Å²) in [7, 11) is 0. The molecule has 0 aromatic carbocycles. The molecule has 2 saturated heterocycles. The molecule has 2 heterocycles. The SMILES string of the molecule is CC(C)(C)OC(=O)N1CC(F)(COC2CCNCC2)C1. The lowest BCUT2D eigenvalue weighted by Gasteiger charge is -2.44. The van der Waals surface area contributed by atoms with E-state index in [0.717, 1.165) is 25.9 Å². The molecule has 0 radical (unpaired) electrons. The van der Waals surface area contributed by atoms with Crippen molar-refractivity contribution in [1.29, 1.82) is 0 Å². The predicted octanol–water partition coefficient (Wildman–Crippen LogP) is 1.71. The highest BCUT2D eigenvalue weighted by molar-refractivity contribution is 5.69. The fourth-order valence-corrected chi connectivity index (χ4v) is 2.41. The zero-order valence-corrected chi connectivity index (χ0v) is 12.6. The normalized spacial score (nSPS) is 23.3. The van der Waals surface area contributed by atoms with Gasteiger partial charge in [0, 0.05) is 0 Å². The Morgan fingerprint density at radius 3 is 2.50 bits per heavy atom. The Kier molecular flexibility index (Phi) is 4.54. The third kappa shape index (κ3) is 4.31. The van der Waals surface area contributed by atoms with Gasteiger partial charge in [-0.1, -0.05) is 0 Å². The van der Waals surface area contributed by atoms with Crippen LogP contribution in [0.4, 0.5) is 9.18 Å². The first-order valence-corrected chi connectivity index (χ1v) is 7.27. The monoisotopic (exact) mass is 288 g/mol. The summed E-state index contributed by atoms with van der Waals surface area (Å²) in [6.45, 7) is 7.44. The molecule has 0 atom stereocenters. The van der Waals surface area contributed by atoms with Gasteiger partial charge in [0.25, 0.3) is 0 Å². The lowest BCUT2D eigenvalue weighted by molar-refractivity contribution is -0.107. The first kappa shape index (κ1) is 15.5. The molecule has 0 bridgehead atoms. The molecule has 0 unspecified atom stereocenters. The van der Waals surface area contributed by atoms with Crippen molar-refractivity contribution >= 4 is 6.09 Å². The van der Waals surface area contributed by atoms with E-state index < -0.39 is 17.4 Å². The highest BCUT2D eigenvalue weighted by atomic mass is 19.1. The standard InChI is InChI=1S/C14H25FN2O3/c1-13(2,3)20-12(18)17-8-14(15,9-17)10-19-11-4-6-16-7-5-11/h11,16H,4-10H2,1-3H3. The van der Waals surface area contributed by atoms with E-state index in [-0.39, 0.29) is 25.8 Å². The van der Waals surface area contributed by atoms with Crippen LogP contribution in [-0.4, -0.2) is 61.2 Å². The van der Waals surface area contributed by atoms with Crippen LogP contribution in [0.5, 0.6) is 0 Å². The van der Waals surface area contributed by atoms with Gasteiger partial charge in [-0.3, -0.25) is 0 Å². The molecule has 116 valence electrons. The zero-order chi connectivity index (χ0) is 14.8. The van der Waals surface area contributed by atoms with Gasteiger partial charge in [-0.15, -0.1) is 0 Å². The third-order valence-electron chi connectivity index (χ3n) is 3.46.